The van der Waals surface area contributed by atoms with E-state index in [1.54, 1.807) is 24.8 Å². The van der Waals surface area contributed by atoms with Crippen LogP contribution in [-0.2, 0) is 19.3 Å². The second-order valence-corrected chi connectivity index (χ2v) is 23.0. The number of hydrogen-bond donors (Lipinski definition) is 4. The maximum Gasteiger partial charge on any atom is 0.336 e. The lowest BCUT2D eigenvalue weighted by atomic mass is 10.0. The second kappa shape index (κ2) is 48.6. The summed E-state index contributed by atoms with van der Waals surface area (Å²) in [5, 5.41) is 61.5. The minimum Gasteiger partial charge on any atom is -0.478 e. The first-order valence-corrected chi connectivity index (χ1v) is 33.2. The van der Waals surface area contributed by atoms with Crippen molar-refractivity contribution in [2.75, 3.05) is 0 Å². The zero-order valence-corrected chi connectivity index (χ0v) is 55.2. The molecule has 4 N–H and O–H groups in total. The summed E-state index contributed by atoms with van der Waals surface area (Å²) in [5.74, 6) is -0.383. The van der Waals surface area contributed by atoms with Crippen LogP contribution in [0.3, 0.4) is 0 Å². The minimum atomic E-state index is -1.48. The van der Waals surface area contributed by atoms with Crippen molar-refractivity contribution in [3.8, 4) is 35.7 Å². The molecule has 18 nitrogen and oxygen atoms in total. The molecule has 0 saturated carbocycles. The molecule has 0 aliphatic carbocycles. The van der Waals surface area contributed by atoms with Crippen molar-refractivity contribution in [3.63, 3.8) is 0 Å². The van der Waals surface area contributed by atoms with Gasteiger partial charge in [0.1, 0.15) is 41.4 Å². The molecule has 488 valence electrons. The Bertz CT molecular complexity index is 2880. The highest BCUT2D eigenvalue weighted by atomic mass is 16.4. The number of H-pyrrole nitrogens is 1. The van der Waals surface area contributed by atoms with Gasteiger partial charge in [-0.15, -0.1) is 0 Å². The predicted molar refractivity (Wildman–Crippen MR) is 356 cm³/mol. The van der Waals surface area contributed by atoms with E-state index in [-0.39, 0.29) is 29.6 Å². The topological polar surface area (TPSA) is 289 Å². The first-order valence-electron chi connectivity index (χ1n) is 33.2. The molecule has 18 heteroatoms. The molecule has 0 saturated heterocycles. The Balaban J connectivity index is 0.000000385. The van der Waals surface area contributed by atoms with Gasteiger partial charge in [0.2, 0.25) is 0 Å². The van der Waals surface area contributed by atoms with Crippen LogP contribution < -0.4 is 0 Å². The lowest BCUT2D eigenvalue weighted by Crippen LogP contribution is -2.10. The number of aromatic carboxylic acids is 3. The van der Waals surface area contributed by atoms with Crippen LogP contribution in [0.25, 0.3) is 11.4 Å². The van der Waals surface area contributed by atoms with Gasteiger partial charge in [-0.1, -0.05) is 205 Å². The Morgan fingerprint density at radius 1 is 0.456 bits per heavy atom. The van der Waals surface area contributed by atoms with E-state index < -0.39 is 29.0 Å². The van der Waals surface area contributed by atoms with Crippen LogP contribution in [0.4, 0.5) is 0 Å². The van der Waals surface area contributed by atoms with Crippen LogP contribution in [-0.4, -0.2) is 71.8 Å². The fourth-order valence-corrected chi connectivity index (χ4v) is 10.0. The molecule has 0 aliphatic heterocycles. The van der Waals surface area contributed by atoms with E-state index in [4.69, 9.17) is 36.4 Å². The first-order chi connectivity index (χ1) is 43.6. The van der Waals surface area contributed by atoms with Crippen LogP contribution in [0, 0.1) is 45.3 Å². The van der Waals surface area contributed by atoms with Gasteiger partial charge < -0.3 is 34.0 Å². The van der Waals surface area contributed by atoms with Crippen molar-refractivity contribution in [2.24, 2.45) is 0 Å². The molecule has 0 amide bonds. The number of aromatic amines is 1. The van der Waals surface area contributed by atoms with Crippen LogP contribution >= 0.6 is 0 Å². The fraction of sp³-hybridized carbons (Fsp3) is 0.569. The maximum atomic E-state index is 10.6. The molecule has 90 heavy (non-hydrogen) atoms. The summed E-state index contributed by atoms with van der Waals surface area (Å²) in [7, 11) is 0. The van der Waals surface area contributed by atoms with Crippen LogP contribution in [0.2, 0.25) is 0 Å². The highest BCUT2D eigenvalue weighted by Crippen LogP contribution is 2.21. The third-order valence-corrected chi connectivity index (χ3v) is 15.6. The molecule has 0 spiro atoms. The molecule has 4 heterocycles. The lowest BCUT2D eigenvalue weighted by molar-refractivity contribution is 0.0649. The number of carboxylic acids is 3. The van der Waals surface area contributed by atoms with Gasteiger partial charge >= 0.3 is 17.9 Å². The Hall–Kier alpha value is -8.35. The van der Waals surface area contributed by atoms with Crippen molar-refractivity contribution < 1.29 is 29.7 Å². The zero-order valence-electron chi connectivity index (χ0n) is 55.2. The monoisotopic (exact) mass is 1230 g/mol. The van der Waals surface area contributed by atoms with Crippen molar-refractivity contribution in [3.05, 3.63) is 132 Å². The van der Waals surface area contributed by atoms with Gasteiger partial charge in [0.25, 0.3) is 0 Å². The molecule has 0 fully saturated rings. The van der Waals surface area contributed by atoms with E-state index in [9.17, 15) is 14.4 Å². The largest absolute Gasteiger partial charge is 0.478 e. The predicted octanol–water partition coefficient (Wildman–Crippen LogP) is 18.6. The Morgan fingerprint density at radius 3 is 1.11 bits per heavy atom. The van der Waals surface area contributed by atoms with Crippen LogP contribution in [0.1, 0.15) is 300 Å². The fourth-order valence-electron chi connectivity index (χ4n) is 10.0. The van der Waals surface area contributed by atoms with Crippen LogP contribution in [0.15, 0.2) is 91.9 Å². The van der Waals surface area contributed by atoms with Gasteiger partial charge in [-0.2, -0.15) is 21.0 Å². The Kier molecular flexibility index (Phi) is 41.9. The molecule has 0 bridgehead atoms. The normalized spacial score (nSPS) is 11.8. The molecule has 0 aliphatic rings. The van der Waals surface area contributed by atoms with E-state index in [1.807, 2.05) is 90.3 Å². The van der Waals surface area contributed by atoms with E-state index in [0.717, 1.165) is 72.0 Å². The number of carbonyl (C=O) groups is 3. The van der Waals surface area contributed by atoms with Gasteiger partial charge in [-0.3, -0.25) is 0 Å². The standard InChI is InChI=1S/3C17H29N3.C12H11N3.C9H6O6/c3*1-3-4-5-6-7-8-9-10-11-12-17-19-13-14-20(17)16(2)15-18;1-9(7-13)11-8-14-12(15-11)10-5-3-2-4-6-10;10-7(11)4-1-2-5(8(12)13)6(3-4)9(14)15/h3*13-14,16H,3-12H2,1-2H3;2-6,8-9H,1H3,(H,14,15);1-3H,(H,10,11)(H,12,13)(H,14,15). The summed E-state index contributed by atoms with van der Waals surface area (Å²) in [6, 6.07) is 21.3. The Labute approximate surface area is 537 Å². The molecule has 2 aromatic carbocycles. The first kappa shape index (κ1) is 77.7. The quantitative estimate of drug-likeness (QED) is 0.0262. The van der Waals surface area contributed by atoms with Crippen molar-refractivity contribution in [2.45, 2.75) is 265 Å². The number of benzene rings is 2. The third kappa shape index (κ3) is 31.7. The van der Waals surface area contributed by atoms with E-state index in [1.165, 1.54) is 173 Å². The highest BCUT2D eigenvalue weighted by Gasteiger charge is 2.18. The average Bonchev–Trinajstić information content (AvgIpc) is 2.17. The number of imidazole rings is 4. The summed E-state index contributed by atoms with van der Waals surface area (Å²) in [4.78, 5) is 52.3. The number of nitriles is 4. The molecular formula is C72H104N12O6. The number of aryl methyl sites for hydroxylation is 3. The summed E-state index contributed by atoms with van der Waals surface area (Å²) in [6.45, 7) is 14.4. The smallest absolute Gasteiger partial charge is 0.336 e. The molecule has 4 unspecified atom stereocenters. The molecule has 4 atom stereocenters. The van der Waals surface area contributed by atoms with E-state index >= 15 is 0 Å². The summed E-state index contributed by atoms with van der Waals surface area (Å²) in [6.07, 6.45) is 52.1. The molecule has 6 rings (SSSR count). The van der Waals surface area contributed by atoms with Gasteiger partial charge in [-0.25, -0.2) is 34.3 Å². The van der Waals surface area contributed by atoms with Gasteiger partial charge in [0, 0.05) is 68.2 Å². The molecule has 0 radical (unpaired) electrons. The summed E-state index contributed by atoms with van der Waals surface area (Å²) < 4.78 is 5.97. The number of carboxylic acid groups (broad SMARTS) is 3. The number of nitrogens with one attached hydrogen (secondary N) is 1. The summed E-state index contributed by atoms with van der Waals surface area (Å²) in [5.41, 5.74) is 0.581. The molecule has 6 aromatic rings. The second-order valence-electron chi connectivity index (χ2n) is 23.0. The van der Waals surface area contributed by atoms with Gasteiger partial charge in [0.05, 0.1) is 52.6 Å². The number of hydrogen-bond acceptors (Lipinski definition) is 11. The van der Waals surface area contributed by atoms with Gasteiger partial charge in [-0.05, 0) is 65.2 Å². The van der Waals surface area contributed by atoms with Crippen molar-refractivity contribution in [1.29, 1.82) is 21.0 Å². The third-order valence-electron chi connectivity index (χ3n) is 15.6. The number of rotatable bonds is 38. The van der Waals surface area contributed by atoms with Gasteiger partial charge in [0.15, 0.2) is 0 Å². The molecule has 4 aromatic heterocycles. The zero-order chi connectivity index (χ0) is 66.2. The maximum absolute atomic E-state index is 10.6. The number of nitrogens with zero attached hydrogens (tertiary/aromatic N) is 11. The molecular weight excluding hydrogens is 1130 g/mol. The van der Waals surface area contributed by atoms with Crippen LogP contribution in [0.5, 0.6) is 0 Å². The highest BCUT2D eigenvalue weighted by molar-refractivity contribution is 6.03. The number of unbranched alkanes of at least 4 members (excludes halogenated alkanes) is 24. The van der Waals surface area contributed by atoms with E-state index in [0.29, 0.717) is 0 Å². The van der Waals surface area contributed by atoms with E-state index in [2.05, 4.69) is 70.0 Å². The van der Waals surface area contributed by atoms with Crippen molar-refractivity contribution in [1.82, 2.24) is 38.6 Å². The minimum absolute atomic E-state index is 0.105. The Morgan fingerprint density at radius 2 is 0.800 bits per heavy atom. The number of aromatic nitrogens is 8. The SMILES string of the molecule is CC(C#N)c1c[nH]c(-c2ccccc2)n1.CCCCCCCCCCCc1nccn1C(C)C#N.CCCCCCCCCCCc1nccn1C(C)C#N.CCCCCCCCCCCc1nccn1C(C)C#N.O=C(O)c1ccc(C(=O)O)c(C(=O)O)c1. The lowest BCUT2D eigenvalue weighted by Gasteiger charge is -2.09. The summed E-state index contributed by atoms with van der Waals surface area (Å²) >= 11 is 0. The van der Waals surface area contributed by atoms with Crippen molar-refractivity contribution >= 4 is 17.9 Å². The average molecular weight is 1230 g/mol.